The van der Waals surface area contributed by atoms with Crippen LogP contribution in [0.15, 0.2) is 89.8 Å². The SMILES string of the molecule is CC[C@H](NC(=O)C(CS(=O)(=O)Cc1ccccc1)S(C)(=O)=O)C(=O)C(=O)NCc1ccccc1.O=S1(=O)Cc2ccccc21. The second-order valence-corrected chi connectivity index (χ2v) is 16.5. The van der Waals surface area contributed by atoms with Gasteiger partial charge in [0, 0.05) is 12.8 Å². The van der Waals surface area contributed by atoms with Gasteiger partial charge in [-0.3, -0.25) is 14.4 Å². The smallest absolute Gasteiger partial charge is 0.289 e. The van der Waals surface area contributed by atoms with E-state index in [1.54, 1.807) is 72.8 Å². The van der Waals surface area contributed by atoms with Crippen molar-refractivity contribution in [2.75, 3.05) is 12.0 Å². The van der Waals surface area contributed by atoms with E-state index >= 15 is 0 Å². The third kappa shape index (κ3) is 9.82. The van der Waals surface area contributed by atoms with Crippen molar-refractivity contribution in [1.29, 1.82) is 0 Å². The lowest BCUT2D eigenvalue weighted by molar-refractivity contribution is -0.140. The van der Waals surface area contributed by atoms with Gasteiger partial charge in [0.05, 0.1) is 28.2 Å². The number of carbonyl (C=O) groups excluding carboxylic acids is 3. The molecule has 1 aliphatic heterocycles. The highest BCUT2D eigenvalue weighted by molar-refractivity contribution is 7.95. The first-order valence-corrected chi connectivity index (χ1v) is 19.0. The normalized spacial score (nSPS) is 14.8. The second-order valence-electron chi connectivity index (χ2n) is 10.2. The number of carbonyl (C=O) groups is 3. The van der Waals surface area contributed by atoms with Crippen LogP contribution in [0.25, 0.3) is 0 Å². The predicted molar refractivity (Wildman–Crippen MR) is 165 cm³/mol. The molecule has 1 unspecified atom stereocenters. The van der Waals surface area contributed by atoms with Crippen molar-refractivity contribution in [2.45, 2.75) is 47.6 Å². The molecule has 0 aliphatic carbocycles. The van der Waals surface area contributed by atoms with Gasteiger partial charge in [0.1, 0.15) is 0 Å². The molecule has 0 fully saturated rings. The number of hydrogen-bond acceptors (Lipinski definition) is 9. The van der Waals surface area contributed by atoms with Crippen LogP contribution in [0, 0.1) is 0 Å². The van der Waals surface area contributed by atoms with E-state index in [4.69, 9.17) is 0 Å². The Hall–Kier alpha value is -3.88. The zero-order chi connectivity index (χ0) is 32.5. The fourth-order valence-corrected chi connectivity index (χ4v) is 9.18. The number of rotatable bonds is 12. The lowest BCUT2D eigenvalue weighted by atomic mass is 10.1. The van der Waals surface area contributed by atoms with Crippen LogP contribution in [-0.2, 0) is 61.9 Å². The van der Waals surface area contributed by atoms with Gasteiger partial charge in [0.15, 0.2) is 34.8 Å². The molecule has 2 atom stereocenters. The molecule has 0 saturated carbocycles. The number of benzene rings is 3. The number of ketones is 1. The molecule has 0 aromatic heterocycles. The van der Waals surface area contributed by atoms with Crippen LogP contribution in [0.3, 0.4) is 0 Å². The molecule has 2 N–H and O–H groups in total. The minimum Gasteiger partial charge on any atom is -0.345 e. The molecular formula is C30H34N2O9S3. The van der Waals surface area contributed by atoms with Gasteiger partial charge in [0.25, 0.3) is 5.91 Å². The Morgan fingerprint density at radius 2 is 1.36 bits per heavy atom. The summed E-state index contributed by atoms with van der Waals surface area (Å²) < 4.78 is 71.5. The van der Waals surface area contributed by atoms with Gasteiger partial charge in [-0.1, -0.05) is 85.8 Å². The van der Waals surface area contributed by atoms with Crippen LogP contribution < -0.4 is 10.6 Å². The van der Waals surface area contributed by atoms with Crippen molar-refractivity contribution in [3.63, 3.8) is 0 Å². The molecule has 236 valence electrons. The highest BCUT2D eigenvalue weighted by Gasteiger charge is 2.36. The molecule has 11 nitrogen and oxygen atoms in total. The number of fused-ring (bicyclic) bond motifs is 1. The monoisotopic (exact) mass is 662 g/mol. The molecule has 0 radical (unpaired) electrons. The third-order valence-corrected chi connectivity index (χ3v) is 11.7. The molecule has 2 amide bonds. The molecule has 14 heteroatoms. The minimum absolute atomic E-state index is 0.0105. The summed E-state index contributed by atoms with van der Waals surface area (Å²) in [6.45, 7) is 1.63. The molecule has 1 aliphatic rings. The fourth-order valence-electron chi connectivity index (χ4n) is 4.28. The fraction of sp³-hybridized carbons (Fsp3) is 0.300. The topological polar surface area (TPSA) is 178 Å². The highest BCUT2D eigenvalue weighted by atomic mass is 32.2. The molecule has 1 heterocycles. The lowest BCUT2D eigenvalue weighted by Crippen LogP contribution is -2.52. The van der Waals surface area contributed by atoms with Crippen molar-refractivity contribution < 1.29 is 39.6 Å². The van der Waals surface area contributed by atoms with Gasteiger partial charge in [-0.15, -0.1) is 0 Å². The summed E-state index contributed by atoms with van der Waals surface area (Å²) in [7, 11) is -11.0. The summed E-state index contributed by atoms with van der Waals surface area (Å²) in [6.07, 6.45) is 0.765. The Balaban J connectivity index is 0.000000440. The minimum atomic E-state index is -4.14. The highest BCUT2D eigenvalue weighted by Crippen LogP contribution is 2.30. The summed E-state index contributed by atoms with van der Waals surface area (Å²) in [5, 5.41) is 2.78. The summed E-state index contributed by atoms with van der Waals surface area (Å²) in [4.78, 5) is 38.1. The first-order chi connectivity index (χ1) is 20.6. The maximum absolute atomic E-state index is 12.8. The lowest BCUT2D eigenvalue weighted by Gasteiger charge is -2.20. The van der Waals surface area contributed by atoms with Crippen molar-refractivity contribution in [3.05, 3.63) is 102 Å². The van der Waals surface area contributed by atoms with Crippen molar-refractivity contribution in [1.82, 2.24) is 10.6 Å². The van der Waals surface area contributed by atoms with E-state index < -0.39 is 69.9 Å². The Bertz CT molecular complexity index is 1810. The van der Waals surface area contributed by atoms with Crippen LogP contribution in [-0.4, -0.2) is 66.2 Å². The van der Waals surface area contributed by atoms with Gasteiger partial charge in [-0.2, -0.15) is 0 Å². The number of hydrogen-bond donors (Lipinski definition) is 2. The number of amides is 2. The first-order valence-electron chi connectivity index (χ1n) is 13.5. The molecule has 0 saturated heterocycles. The maximum Gasteiger partial charge on any atom is 0.289 e. The zero-order valence-electron chi connectivity index (χ0n) is 24.2. The summed E-state index contributed by atoms with van der Waals surface area (Å²) >= 11 is 0. The molecule has 44 heavy (non-hydrogen) atoms. The molecule has 0 bridgehead atoms. The molecule has 3 aromatic rings. The van der Waals surface area contributed by atoms with Crippen LogP contribution in [0.4, 0.5) is 0 Å². The van der Waals surface area contributed by atoms with Crippen LogP contribution in [0.1, 0.15) is 30.0 Å². The van der Waals surface area contributed by atoms with E-state index in [0.717, 1.165) is 17.4 Å². The van der Waals surface area contributed by atoms with Gasteiger partial charge in [-0.25, -0.2) is 25.3 Å². The van der Waals surface area contributed by atoms with Crippen LogP contribution in [0.2, 0.25) is 0 Å². The quantitative estimate of drug-likeness (QED) is 0.274. The first kappa shape index (κ1) is 34.6. The van der Waals surface area contributed by atoms with E-state index in [1.165, 1.54) is 6.92 Å². The van der Waals surface area contributed by atoms with Crippen molar-refractivity contribution >= 4 is 47.1 Å². The van der Waals surface area contributed by atoms with Gasteiger partial charge in [0.2, 0.25) is 11.7 Å². The maximum atomic E-state index is 12.8. The molecule has 0 spiro atoms. The van der Waals surface area contributed by atoms with E-state index in [-0.39, 0.29) is 18.7 Å². The average molecular weight is 663 g/mol. The molecule has 4 rings (SSSR count). The Labute approximate surface area is 257 Å². The second kappa shape index (κ2) is 14.7. The number of sulfone groups is 3. The Morgan fingerprint density at radius 3 is 1.86 bits per heavy atom. The summed E-state index contributed by atoms with van der Waals surface area (Å²) in [5.74, 6) is -4.20. The average Bonchev–Trinajstić information content (AvgIpc) is 2.97. The van der Waals surface area contributed by atoms with E-state index in [2.05, 4.69) is 10.6 Å². The molecule has 3 aromatic carbocycles. The van der Waals surface area contributed by atoms with E-state index in [9.17, 15) is 39.6 Å². The Morgan fingerprint density at radius 1 is 0.818 bits per heavy atom. The van der Waals surface area contributed by atoms with Gasteiger partial charge >= 0.3 is 0 Å². The summed E-state index contributed by atoms with van der Waals surface area (Å²) in [6, 6.07) is 22.8. The summed E-state index contributed by atoms with van der Waals surface area (Å²) in [5.41, 5.74) is 2.16. The zero-order valence-corrected chi connectivity index (χ0v) is 26.6. The van der Waals surface area contributed by atoms with E-state index in [0.29, 0.717) is 10.5 Å². The molecular weight excluding hydrogens is 629 g/mol. The number of Topliss-reactive ketones (excluding diaryl/α,β-unsaturated/α-hetero) is 1. The van der Waals surface area contributed by atoms with Gasteiger partial charge in [-0.05, 0) is 29.2 Å². The van der Waals surface area contributed by atoms with Crippen LogP contribution in [0.5, 0.6) is 0 Å². The van der Waals surface area contributed by atoms with Crippen molar-refractivity contribution in [3.8, 4) is 0 Å². The standard InChI is InChI=1S/C23H28N2O7S2.C7H6O2S/c1-3-19(21(26)23(28)24-14-17-10-6-4-7-11-17)25-22(27)20(33(2,29)30)16-34(31,32)15-18-12-8-5-9-13-18;8-10(9)5-6-3-1-2-4-7(6)10/h4-13,19-20H,3,14-16H2,1-2H3,(H,24,28)(H,25,27);1-4H,5H2/t19-,20?;/m0./s1. The predicted octanol–water partition coefficient (Wildman–Crippen LogP) is 1.77. The van der Waals surface area contributed by atoms with Crippen molar-refractivity contribution in [2.24, 2.45) is 0 Å². The number of nitrogens with one attached hydrogen (secondary N) is 2. The largest absolute Gasteiger partial charge is 0.345 e. The van der Waals surface area contributed by atoms with E-state index in [1.807, 2.05) is 12.1 Å². The van der Waals surface area contributed by atoms with Crippen LogP contribution >= 0.6 is 0 Å². The Kier molecular flexibility index (Phi) is 11.6. The third-order valence-electron chi connectivity index (χ3n) is 6.66. The van der Waals surface area contributed by atoms with Gasteiger partial charge < -0.3 is 10.6 Å².